The molecule has 0 heterocycles. The van der Waals surface area contributed by atoms with Gasteiger partial charge in [-0.15, -0.1) is 0 Å². The Balaban J connectivity index is 2.44. The van der Waals surface area contributed by atoms with E-state index in [0.717, 1.165) is 12.8 Å². The molecule has 1 aliphatic carbocycles. The Morgan fingerprint density at radius 1 is 1.27 bits per heavy atom. The molecule has 0 aromatic heterocycles. The van der Waals surface area contributed by atoms with Crippen molar-refractivity contribution in [3.8, 4) is 0 Å². The molecule has 1 fully saturated rings. The van der Waals surface area contributed by atoms with Crippen LogP contribution < -0.4 is 5.73 Å². The molecule has 0 bridgehead atoms. The van der Waals surface area contributed by atoms with Gasteiger partial charge in [-0.25, -0.2) is 8.42 Å². The van der Waals surface area contributed by atoms with Crippen molar-refractivity contribution >= 4 is 9.84 Å². The van der Waals surface area contributed by atoms with Crippen LogP contribution in [0.5, 0.6) is 0 Å². The van der Waals surface area contributed by atoms with Gasteiger partial charge in [-0.2, -0.15) is 0 Å². The highest BCUT2D eigenvalue weighted by Gasteiger charge is 2.25. The smallest absolute Gasteiger partial charge is 0.152 e. The van der Waals surface area contributed by atoms with E-state index in [4.69, 9.17) is 5.73 Å². The molecule has 0 amide bonds. The van der Waals surface area contributed by atoms with Crippen LogP contribution in [-0.2, 0) is 9.84 Å². The van der Waals surface area contributed by atoms with Gasteiger partial charge in [-0.05, 0) is 24.7 Å². The molecule has 0 spiro atoms. The molecule has 2 N–H and O–H groups in total. The molecule has 1 atom stereocenters. The van der Waals surface area contributed by atoms with Crippen molar-refractivity contribution in [1.82, 2.24) is 0 Å². The van der Waals surface area contributed by atoms with Crippen molar-refractivity contribution in [2.75, 3.05) is 11.5 Å². The lowest BCUT2D eigenvalue weighted by atomic mass is 10.1. The largest absolute Gasteiger partial charge is 0.327 e. The first-order valence-electron chi connectivity index (χ1n) is 5.87. The van der Waals surface area contributed by atoms with Crippen molar-refractivity contribution in [2.24, 2.45) is 17.6 Å². The second-order valence-electron chi connectivity index (χ2n) is 5.14. The van der Waals surface area contributed by atoms with Crippen LogP contribution in [0.4, 0.5) is 0 Å². The zero-order valence-electron chi connectivity index (χ0n) is 9.78. The van der Waals surface area contributed by atoms with Gasteiger partial charge in [0.2, 0.25) is 0 Å². The summed E-state index contributed by atoms with van der Waals surface area (Å²) in [6.45, 7) is 3.94. The van der Waals surface area contributed by atoms with E-state index in [-0.39, 0.29) is 17.7 Å². The maximum atomic E-state index is 11.8. The van der Waals surface area contributed by atoms with Gasteiger partial charge in [0.1, 0.15) is 0 Å². The van der Waals surface area contributed by atoms with Gasteiger partial charge in [0.25, 0.3) is 0 Å². The summed E-state index contributed by atoms with van der Waals surface area (Å²) in [5.41, 5.74) is 5.80. The van der Waals surface area contributed by atoms with E-state index < -0.39 is 9.84 Å². The van der Waals surface area contributed by atoms with Gasteiger partial charge in [0, 0.05) is 6.04 Å². The van der Waals surface area contributed by atoms with Gasteiger partial charge >= 0.3 is 0 Å². The Hall–Kier alpha value is -0.0900. The summed E-state index contributed by atoms with van der Waals surface area (Å²) in [4.78, 5) is 0. The van der Waals surface area contributed by atoms with E-state index >= 15 is 0 Å². The molecule has 0 aromatic rings. The fraction of sp³-hybridized carbons (Fsp3) is 1.00. The van der Waals surface area contributed by atoms with Crippen LogP contribution in [0, 0.1) is 11.8 Å². The molecule has 1 rings (SSSR count). The highest BCUT2D eigenvalue weighted by atomic mass is 32.2. The van der Waals surface area contributed by atoms with Crippen LogP contribution in [0.3, 0.4) is 0 Å². The van der Waals surface area contributed by atoms with Crippen LogP contribution in [0.25, 0.3) is 0 Å². The number of rotatable bonds is 5. The van der Waals surface area contributed by atoms with E-state index in [0.29, 0.717) is 11.7 Å². The van der Waals surface area contributed by atoms with Crippen molar-refractivity contribution < 1.29 is 8.42 Å². The van der Waals surface area contributed by atoms with Crippen LogP contribution >= 0.6 is 0 Å². The Morgan fingerprint density at radius 2 is 1.80 bits per heavy atom. The molecular formula is C11H23NO2S. The third-order valence-corrected chi connectivity index (χ3v) is 5.14. The van der Waals surface area contributed by atoms with Crippen LogP contribution in [0.15, 0.2) is 0 Å². The zero-order valence-corrected chi connectivity index (χ0v) is 10.6. The first-order valence-corrected chi connectivity index (χ1v) is 7.69. The lowest BCUT2D eigenvalue weighted by Gasteiger charge is -2.17. The van der Waals surface area contributed by atoms with Crippen LogP contribution in [0.1, 0.15) is 39.5 Å². The van der Waals surface area contributed by atoms with Gasteiger partial charge in [-0.3, -0.25) is 0 Å². The van der Waals surface area contributed by atoms with Crippen LogP contribution in [0.2, 0.25) is 0 Å². The molecular weight excluding hydrogens is 210 g/mol. The van der Waals surface area contributed by atoms with Gasteiger partial charge in [-0.1, -0.05) is 26.7 Å². The fourth-order valence-electron chi connectivity index (χ4n) is 2.09. The second-order valence-corrected chi connectivity index (χ2v) is 7.29. The summed E-state index contributed by atoms with van der Waals surface area (Å²) in [6, 6.07) is -0.212. The molecule has 4 heteroatoms. The molecule has 0 aliphatic heterocycles. The van der Waals surface area contributed by atoms with Crippen molar-refractivity contribution in [3.63, 3.8) is 0 Å². The Labute approximate surface area is 93.3 Å². The van der Waals surface area contributed by atoms with E-state index in [2.05, 4.69) is 0 Å². The Morgan fingerprint density at radius 3 is 2.27 bits per heavy atom. The van der Waals surface area contributed by atoms with Crippen molar-refractivity contribution in [3.05, 3.63) is 0 Å². The summed E-state index contributed by atoms with van der Waals surface area (Å²) < 4.78 is 23.6. The van der Waals surface area contributed by atoms with Crippen LogP contribution in [-0.4, -0.2) is 26.0 Å². The summed E-state index contributed by atoms with van der Waals surface area (Å²) in [6.07, 6.45) is 4.54. The third kappa shape index (κ3) is 4.51. The monoisotopic (exact) mass is 233 g/mol. The molecule has 0 aromatic carbocycles. The van der Waals surface area contributed by atoms with Crippen molar-refractivity contribution in [2.45, 2.75) is 45.6 Å². The average molecular weight is 233 g/mol. The predicted molar refractivity (Wildman–Crippen MR) is 63.4 cm³/mol. The summed E-state index contributed by atoms with van der Waals surface area (Å²) in [7, 11) is -2.93. The zero-order chi connectivity index (χ0) is 11.5. The maximum Gasteiger partial charge on any atom is 0.152 e. The topological polar surface area (TPSA) is 60.2 Å². The predicted octanol–water partition coefficient (Wildman–Crippen LogP) is 1.57. The highest BCUT2D eigenvalue weighted by Crippen LogP contribution is 2.26. The molecule has 3 nitrogen and oxygen atoms in total. The first kappa shape index (κ1) is 13.0. The molecule has 15 heavy (non-hydrogen) atoms. The minimum Gasteiger partial charge on any atom is -0.327 e. The molecule has 1 saturated carbocycles. The average Bonchev–Trinajstić information content (AvgIpc) is 2.54. The molecule has 1 unspecified atom stereocenters. The summed E-state index contributed by atoms with van der Waals surface area (Å²) in [5.74, 6) is 1.15. The second kappa shape index (κ2) is 5.30. The van der Waals surface area contributed by atoms with E-state index in [1.165, 1.54) is 12.8 Å². The number of hydrogen-bond donors (Lipinski definition) is 1. The fourth-order valence-corrected chi connectivity index (χ4v) is 4.25. The van der Waals surface area contributed by atoms with Gasteiger partial charge in [0.05, 0.1) is 11.5 Å². The van der Waals surface area contributed by atoms with E-state index in [1.807, 2.05) is 13.8 Å². The minimum absolute atomic E-state index is 0.154. The number of nitrogens with two attached hydrogens (primary N) is 1. The summed E-state index contributed by atoms with van der Waals surface area (Å²) in [5, 5.41) is 0. The molecule has 0 radical (unpaired) electrons. The van der Waals surface area contributed by atoms with Crippen molar-refractivity contribution in [1.29, 1.82) is 0 Å². The normalized spacial score (nSPS) is 21.1. The quantitative estimate of drug-likeness (QED) is 0.784. The minimum atomic E-state index is -2.93. The van der Waals surface area contributed by atoms with E-state index in [1.54, 1.807) is 0 Å². The lowest BCUT2D eigenvalue weighted by Crippen LogP contribution is -2.36. The third-order valence-electron chi connectivity index (χ3n) is 3.27. The highest BCUT2D eigenvalue weighted by molar-refractivity contribution is 7.91. The van der Waals surface area contributed by atoms with Gasteiger partial charge in [0.15, 0.2) is 9.84 Å². The Bertz CT molecular complexity index is 269. The Kier molecular flexibility index (Phi) is 4.59. The number of hydrogen-bond acceptors (Lipinski definition) is 3. The molecule has 0 saturated heterocycles. The van der Waals surface area contributed by atoms with Gasteiger partial charge < -0.3 is 5.73 Å². The number of sulfone groups is 1. The standard InChI is InChI=1S/C11H23NO2S/c1-9(2)11(12)8-15(13,14)7-10-5-3-4-6-10/h9-11H,3-8,12H2,1-2H3. The lowest BCUT2D eigenvalue weighted by molar-refractivity contribution is 0.508. The first-order chi connectivity index (χ1) is 6.91. The molecule has 90 valence electrons. The summed E-state index contributed by atoms with van der Waals surface area (Å²) >= 11 is 0. The maximum absolute atomic E-state index is 11.8. The molecule has 1 aliphatic rings. The SMILES string of the molecule is CC(C)C(N)CS(=O)(=O)CC1CCCC1. The van der Waals surface area contributed by atoms with E-state index in [9.17, 15) is 8.42 Å².